The molecule has 32 heavy (non-hydrogen) atoms. The topological polar surface area (TPSA) is 66.0 Å². The van der Waals surface area contributed by atoms with Gasteiger partial charge in [-0.2, -0.15) is 5.26 Å². The average molecular weight is 447 g/mol. The first-order valence-corrected chi connectivity index (χ1v) is 11.5. The van der Waals surface area contributed by atoms with Gasteiger partial charge in [-0.05, 0) is 34.6 Å². The molecule has 4 nitrogen and oxygen atoms in total. The number of hydrogen-bond acceptors (Lipinski definition) is 4. The molecule has 0 aliphatic carbocycles. The maximum atomic E-state index is 13.6. The van der Waals surface area contributed by atoms with Gasteiger partial charge in [0.05, 0.1) is 5.03 Å². The van der Waals surface area contributed by atoms with Crippen LogP contribution in [0, 0.1) is 10.7 Å². The summed E-state index contributed by atoms with van der Waals surface area (Å²) in [6.45, 7) is 12.7. The van der Waals surface area contributed by atoms with Crippen molar-refractivity contribution in [3.05, 3.63) is 82.5 Å². The Morgan fingerprint density at radius 2 is 1.53 bits per heavy atom. The number of phenolic OH excluding ortho intramolecular Hbond substituents is 1. The van der Waals surface area contributed by atoms with Crippen molar-refractivity contribution >= 4 is 17.5 Å². The summed E-state index contributed by atoms with van der Waals surface area (Å²) < 4.78 is 1.94. The Kier molecular flexibility index (Phi) is 6.57. The van der Waals surface area contributed by atoms with E-state index in [1.165, 1.54) is 0 Å². The lowest BCUT2D eigenvalue weighted by Gasteiger charge is -2.28. The molecule has 0 aliphatic heterocycles. The predicted octanol–water partition coefficient (Wildman–Crippen LogP) is 6.64. The van der Waals surface area contributed by atoms with Gasteiger partial charge in [-0.3, -0.25) is 4.79 Å². The number of aromatic hydroxyl groups is 1. The molecule has 0 saturated carbocycles. The van der Waals surface area contributed by atoms with Crippen molar-refractivity contribution < 1.29 is 9.90 Å². The van der Waals surface area contributed by atoms with Gasteiger partial charge in [0.25, 0.3) is 0 Å². The molecule has 0 aliphatic rings. The van der Waals surface area contributed by atoms with Gasteiger partial charge >= 0.3 is 0 Å². The van der Waals surface area contributed by atoms with Crippen LogP contribution in [0.1, 0.15) is 74.2 Å². The van der Waals surface area contributed by atoms with E-state index < -0.39 is 0 Å². The second-order valence-electron chi connectivity index (χ2n) is 10.1. The predicted molar refractivity (Wildman–Crippen MR) is 130 cm³/mol. The highest BCUT2D eigenvalue weighted by Gasteiger charge is 2.28. The molecule has 3 rings (SSSR count). The van der Waals surface area contributed by atoms with Crippen molar-refractivity contribution in [2.24, 2.45) is 0 Å². The molecule has 5 heteroatoms. The van der Waals surface area contributed by atoms with E-state index in [0.717, 1.165) is 33.5 Å². The van der Waals surface area contributed by atoms with Crippen LogP contribution in [0.4, 0.5) is 0 Å². The van der Waals surface area contributed by atoms with Crippen LogP contribution in [0.15, 0.2) is 59.8 Å². The summed E-state index contributed by atoms with van der Waals surface area (Å²) in [5.74, 6) is 0.136. The highest BCUT2D eigenvalue weighted by molar-refractivity contribution is 8.03. The van der Waals surface area contributed by atoms with Gasteiger partial charge in [0.15, 0.2) is 5.78 Å². The fourth-order valence-electron chi connectivity index (χ4n) is 3.72. The molecule has 0 bridgehead atoms. The Morgan fingerprint density at radius 1 is 0.969 bits per heavy atom. The normalized spacial score (nSPS) is 11.9. The number of thiocyanates is 1. The van der Waals surface area contributed by atoms with Crippen molar-refractivity contribution in [3.8, 4) is 11.2 Å². The van der Waals surface area contributed by atoms with Gasteiger partial charge in [-0.25, -0.2) is 0 Å². The number of hydrogen-bond donors (Lipinski definition) is 1. The van der Waals surface area contributed by atoms with E-state index in [9.17, 15) is 15.2 Å². The molecule has 0 fully saturated rings. The molecule has 0 unspecified atom stereocenters. The van der Waals surface area contributed by atoms with Gasteiger partial charge in [0.2, 0.25) is 0 Å². The summed E-state index contributed by atoms with van der Waals surface area (Å²) in [7, 11) is 0. The van der Waals surface area contributed by atoms with Crippen LogP contribution in [0.5, 0.6) is 5.75 Å². The maximum absolute atomic E-state index is 13.6. The molecule has 0 spiro atoms. The number of carbonyl (C=O) groups excluding carboxylic acids is 1. The highest BCUT2D eigenvalue weighted by Crippen LogP contribution is 2.40. The van der Waals surface area contributed by atoms with E-state index in [2.05, 4.69) is 5.40 Å². The molecule has 0 radical (unpaired) electrons. The number of ketones is 1. The Hall–Kier alpha value is -2.97. The zero-order valence-electron chi connectivity index (χ0n) is 19.6. The first-order valence-electron chi connectivity index (χ1n) is 10.6. The first-order chi connectivity index (χ1) is 14.9. The van der Waals surface area contributed by atoms with Gasteiger partial charge in [-0.15, -0.1) is 0 Å². The molecule has 1 aromatic heterocycles. The number of nitriles is 1. The molecule has 0 amide bonds. The van der Waals surface area contributed by atoms with Crippen molar-refractivity contribution in [1.82, 2.24) is 4.57 Å². The number of benzene rings is 2. The van der Waals surface area contributed by atoms with Crippen molar-refractivity contribution in [1.29, 1.82) is 5.26 Å². The summed E-state index contributed by atoms with van der Waals surface area (Å²) in [6, 6.07) is 15.3. The molecule has 0 atom stereocenters. The molecular formula is C27H30N2O2S. The van der Waals surface area contributed by atoms with E-state index in [1.54, 1.807) is 18.2 Å². The zero-order valence-corrected chi connectivity index (χ0v) is 20.4. The smallest absolute Gasteiger partial charge is 0.194 e. The summed E-state index contributed by atoms with van der Waals surface area (Å²) in [5, 5.41) is 23.1. The van der Waals surface area contributed by atoms with E-state index in [4.69, 9.17) is 0 Å². The largest absolute Gasteiger partial charge is 0.507 e. The van der Waals surface area contributed by atoms with E-state index in [1.807, 2.05) is 82.6 Å². The molecule has 166 valence electrons. The van der Waals surface area contributed by atoms with Crippen LogP contribution in [-0.4, -0.2) is 15.5 Å². The molecule has 1 N–H and O–H groups in total. The first kappa shape index (κ1) is 23.7. The van der Waals surface area contributed by atoms with Crippen LogP contribution in [0.25, 0.3) is 0 Å². The highest BCUT2D eigenvalue weighted by atomic mass is 32.2. The van der Waals surface area contributed by atoms with Crippen LogP contribution >= 0.6 is 11.8 Å². The number of aromatic nitrogens is 1. The molecule has 0 saturated heterocycles. The fraction of sp³-hybridized carbons (Fsp3) is 0.333. The lowest BCUT2D eigenvalue weighted by molar-refractivity contribution is 0.103. The van der Waals surface area contributed by atoms with Crippen molar-refractivity contribution in [2.45, 2.75) is 63.9 Å². The van der Waals surface area contributed by atoms with Gasteiger partial charge in [-0.1, -0.05) is 71.9 Å². The third kappa shape index (κ3) is 5.08. The molecule has 2 aromatic carbocycles. The summed E-state index contributed by atoms with van der Waals surface area (Å²) in [6.07, 6.45) is 1.81. The number of rotatable bonds is 5. The molecular weight excluding hydrogens is 416 g/mol. The lowest BCUT2D eigenvalue weighted by Crippen LogP contribution is -2.19. The third-order valence-corrected chi connectivity index (χ3v) is 6.11. The summed E-state index contributed by atoms with van der Waals surface area (Å²) in [5.41, 5.74) is 3.04. The van der Waals surface area contributed by atoms with Crippen LogP contribution in [-0.2, 0) is 17.4 Å². The number of phenols is 1. The lowest BCUT2D eigenvalue weighted by atomic mass is 9.78. The fourth-order valence-corrected chi connectivity index (χ4v) is 4.24. The quantitative estimate of drug-likeness (QED) is 0.271. The molecule has 3 aromatic rings. The van der Waals surface area contributed by atoms with Crippen LogP contribution in [0.3, 0.4) is 0 Å². The minimum atomic E-state index is -0.318. The van der Waals surface area contributed by atoms with Gasteiger partial charge < -0.3 is 9.67 Å². The van der Waals surface area contributed by atoms with Crippen molar-refractivity contribution in [2.75, 3.05) is 0 Å². The van der Waals surface area contributed by atoms with E-state index in [0.29, 0.717) is 17.7 Å². The Labute approximate surface area is 194 Å². The van der Waals surface area contributed by atoms with Crippen LogP contribution in [0.2, 0.25) is 0 Å². The van der Waals surface area contributed by atoms with Gasteiger partial charge in [0, 0.05) is 46.8 Å². The van der Waals surface area contributed by atoms with Crippen molar-refractivity contribution in [3.63, 3.8) is 0 Å². The second-order valence-corrected chi connectivity index (χ2v) is 10.9. The minimum absolute atomic E-state index is 0.118. The standard InChI is InChI=1S/C27H30N2O2S/c1-26(2,3)21-12-19(13-22(25(21)31)27(4,5)6)24(30)20-14-23(32-17-28)29(16-20)15-18-10-8-7-9-11-18/h7-14,16,31H,15H2,1-6H3. The zero-order chi connectivity index (χ0) is 23.7. The van der Waals surface area contributed by atoms with Gasteiger partial charge in [0.1, 0.15) is 11.2 Å². The summed E-state index contributed by atoms with van der Waals surface area (Å²) >= 11 is 1.05. The SMILES string of the molecule is CC(C)(C)c1cc(C(=O)c2cc(SC#N)n(Cc3ccccc3)c2)cc(C(C)(C)C)c1O. The van der Waals surface area contributed by atoms with E-state index in [-0.39, 0.29) is 22.4 Å². The average Bonchev–Trinajstić information content (AvgIpc) is 3.09. The number of nitrogens with zero attached hydrogens (tertiary/aromatic N) is 2. The van der Waals surface area contributed by atoms with Crippen LogP contribution < -0.4 is 0 Å². The molecule has 1 heterocycles. The Bertz CT molecular complexity index is 1140. The van der Waals surface area contributed by atoms with E-state index >= 15 is 0 Å². The third-order valence-electron chi connectivity index (χ3n) is 5.45. The maximum Gasteiger partial charge on any atom is 0.194 e. The Morgan fingerprint density at radius 3 is 2.03 bits per heavy atom. The minimum Gasteiger partial charge on any atom is -0.507 e. The Balaban J connectivity index is 2.09. The monoisotopic (exact) mass is 446 g/mol. The number of carbonyl (C=O) groups is 1. The number of thioether (sulfide) groups is 1. The second kappa shape index (κ2) is 8.88. The summed E-state index contributed by atoms with van der Waals surface area (Å²) in [4.78, 5) is 13.6.